The van der Waals surface area contributed by atoms with E-state index in [1.165, 1.54) is 22.4 Å². The fourth-order valence-electron chi connectivity index (χ4n) is 2.29. The van der Waals surface area contributed by atoms with Crippen LogP contribution in [0.1, 0.15) is 41.8 Å². The highest BCUT2D eigenvalue weighted by atomic mass is 15.3. The molecule has 1 aromatic carbocycles. The SMILES string of the molecule is CCCNC(c1ccc(C)c(C)c1)c1ccnn1C. The molecule has 0 saturated heterocycles. The monoisotopic (exact) mass is 257 g/mol. The lowest BCUT2D eigenvalue weighted by molar-refractivity contribution is 0.553. The van der Waals surface area contributed by atoms with Crippen molar-refractivity contribution >= 4 is 0 Å². The minimum Gasteiger partial charge on any atom is -0.305 e. The minimum absolute atomic E-state index is 0.215. The summed E-state index contributed by atoms with van der Waals surface area (Å²) >= 11 is 0. The summed E-state index contributed by atoms with van der Waals surface area (Å²) in [4.78, 5) is 0. The van der Waals surface area contributed by atoms with E-state index in [2.05, 4.69) is 55.5 Å². The first-order valence-electron chi connectivity index (χ1n) is 6.92. The molecule has 0 amide bonds. The van der Waals surface area contributed by atoms with Crippen molar-refractivity contribution in [3.63, 3.8) is 0 Å². The normalized spacial score (nSPS) is 12.6. The maximum Gasteiger partial charge on any atom is 0.0748 e. The number of benzene rings is 1. The van der Waals surface area contributed by atoms with Gasteiger partial charge in [-0.3, -0.25) is 4.68 Å². The van der Waals surface area contributed by atoms with Crippen molar-refractivity contribution in [2.75, 3.05) is 6.54 Å². The Morgan fingerprint density at radius 1 is 1.21 bits per heavy atom. The van der Waals surface area contributed by atoms with Gasteiger partial charge in [0.15, 0.2) is 0 Å². The molecular formula is C16H23N3. The van der Waals surface area contributed by atoms with Gasteiger partial charge in [0.1, 0.15) is 0 Å². The molecule has 0 aliphatic carbocycles. The molecule has 1 unspecified atom stereocenters. The van der Waals surface area contributed by atoms with Crippen molar-refractivity contribution in [2.24, 2.45) is 7.05 Å². The van der Waals surface area contributed by atoms with Crippen LogP contribution in [-0.4, -0.2) is 16.3 Å². The van der Waals surface area contributed by atoms with Gasteiger partial charge in [-0.05, 0) is 49.6 Å². The van der Waals surface area contributed by atoms with Gasteiger partial charge in [0, 0.05) is 13.2 Å². The van der Waals surface area contributed by atoms with Crippen LogP contribution in [0.2, 0.25) is 0 Å². The summed E-state index contributed by atoms with van der Waals surface area (Å²) < 4.78 is 1.95. The quantitative estimate of drug-likeness (QED) is 0.892. The highest BCUT2D eigenvalue weighted by molar-refractivity contribution is 5.35. The average molecular weight is 257 g/mol. The number of hydrogen-bond acceptors (Lipinski definition) is 2. The molecule has 102 valence electrons. The zero-order valence-corrected chi connectivity index (χ0v) is 12.3. The van der Waals surface area contributed by atoms with Crippen LogP contribution < -0.4 is 5.32 Å². The highest BCUT2D eigenvalue weighted by Crippen LogP contribution is 2.23. The fraction of sp³-hybridized carbons (Fsp3) is 0.438. The maximum absolute atomic E-state index is 4.29. The molecular weight excluding hydrogens is 234 g/mol. The summed E-state index contributed by atoms with van der Waals surface area (Å²) in [5.74, 6) is 0. The van der Waals surface area contributed by atoms with E-state index in [1.54, 1.807) is 0 Å². The maximum atomic E-state index is 4.29. The average Bonchev–Trinajstić information content (AvgIpc) is 2.80. The molecule has 3 heteroatoms. The molecule has 2 rings (SSSR count). The van der Waals surface area contributed by atoms with E-state index in [0.29, 0.717) is 0 Å². The minimum atomic E-state index is 0.215. The van der Waals surface area contributed by atoms with E-state index in [1.807, 2.05) is 17.9 Å². The summed E-state index contributed by atoms with van der Waals surface area (Å²) in [5.41, 5.74) is 5.18. The van der Waals surface area contributed by atoms with Gasteiger partial charge < -0.3 is 5.32 Å². The van der Waals surface area contributed by atoms with E-state index >= 15 is 0 Å². The molecule has 1 aromatic heterocycles. The van der Waals surface area contributed by atoms with E-state index < -0.39 is 0 Å². The summed E-state index contributed by atoms with van der Waals surface area (Å²) in [5, 5.41) is 7.90. The largest absolute Gasteiger partial charge is 0.305 e. The Kier molecular flexibility index (Phi) is 4.38. The highest BCUT2D eigenvalue weighted by Gasteiger charge is 2.16. The molecule has 1 atom stereocenters. The Morgan fingerprint density at radius 3 is 2.58 bits per heavy atom. The molecule has 2 aromatic rings. The molecule has 19 heavy (non-hydrogen) atoms. The number of aryl methyl sites for hydroxylation is 3. The lowest BCUT2D eigenvalue weighted by atomic mass is 9.99. The lowest BCUT2D eigenvalue weighted by Crippen LogP contribution is -2.25. The third-order valence-electron chi connectivity index (χ3n) is 3.62. The van der Waals surface area contributed by atoms with Crippen molar-refractivity contribution in [1.82, 2.24) is 15.1 Å². The zero-order chi connectivity index (χ0) is 13.8. The van der Waals surface area contributed by atoms with E-state index in [-0.39, 0.29) is 6.04 Å². The molecule has 0 aliphatic rings. The molecule has 0 saturated carbocycles. The third-order valence-corrected chi connectivity index (χ3v) is 3.62. The van der Waals surface area contributed by atoms with Crippen LogP contribution in [0.5, 0.6) is 0 Å². The number of aromatic nitrogens is 2. The van der Waals surface area contributed by atoms with Crippen LogP contribution >= 0.6 is 0 Å². The zero-order valence-electron chi connectivity index (χ0n) is 12.3. The first kappa shape index (κ1) is 13.8. The van der Waals surface area contributed by atoms with Gasteiger partial charge in [-0.2, -0.15) is 5.10 Å². The van der Waals surface area contributed by atoms with Crippen molar-refractivity contribution in [1.29, 1.82) is 0 Å². The Bertz CT molecular complexity index is 543. The summed E-state index contributed by atoms with van der Waals surface area (Å²) in [7, 11) is 2.00. The molecule has 1 N–H and O–H groups in total. The number of nitrogens with zero attached hydrogens (tertiary/aromatic N) is 2. The second kappa shape index (κ2) is 6.02. The van der Waals surface area contributed by atoms with Gasteiger partial charge in [0.25, 0.3) is 0 Å². The number of nitrogens with one attached hydrogen (secondary N) is 1. The third kappa shape index (κ3) is 3.04. The van der Waals surface area contributed by atoms with E-state index in [4.69, 9.17) is 0 Å². The van der Waals surface area contributed by atoms with Gasteiger partial charge >= 0.3 is 0 Å². The fourth-order valence-corrected chi connectivity index (χ4v) is 2.29. The second-order valence-corrected chi connectivity index (χ2v) is 5.11. The van der Waals surface area contributed by atoms with Crippen LogP contribution in [0.3, 0.4) is 0 Å². The van der Waals surface area contributed by atoms with E-state index in [0.717, 1.165) is 13.0 Å². The molecule has 0 radical (unpaired) electrons. The predicted molar refractivity (Wildman–Crippen MR) is 79.3 cm³/mol. The second-order valence-electron chi connectivity index (χ2n) is 5.11. The lowest BCUT2D eigenvalue weighted by Gasteiger charge is -2.20. The van der Waals surface area contributed by atoms with Crippen LogP contribution in [0.25, 0.3) is 0 Å². The van der Waals surface area contributed by atoms with Gasteiger partial charge in [-0.1, -0.05) is 25.1 Å². The Hall–Kier alpha value is -1.61. The van der Waals surface area contributed by atoms with Crippen LogP contribution in [-0.2, 0) is 7.05 Å². The van der Waals surface area contributed by atoms with Crippen molar-refractivity contribution in [3.05, 3.63) is 52.8 Å². The standard InChI is InChI=1S/C16H23N3/c1-5-9-17-16(15-8-10-18-19(15)4)14-7-6-12(2)13(3)11-14/h6-8,10-11,16-17H,5,9H2,1-4H3. The summed E-state index contributed by atoms with van der Waals surface area (Å²) in [6.45, 7) is 7.51. The van der Waals surface area contributed by atoms with Crippen LogP contribution in [0, 0.1) is 13.8 Å². The van der Waals surface area contributed by atoms with Crippen molar-refractivity contribution in [2.45, 2.75) is 33.2 Å². The van der Waals surface area contributed by atoms with Crippen LogP contribution in [0.15, 0.2) is 30.5 Å². The molecule has 0 fully saturated rings. The van der Waals surface area contributed by atoms with Gasteiger partial charge in [-0.15, -0.1) is 0 Å². The van der Waals surface area contributed by atoms with Crippen molar-refractivity contribution in [3.8, 4) is 0 Å². The van der Waals surface area contributed by atoms with Gasteiger partial charge in [0.05, 0.1) is 11.7 Å². The number of rotatable bonds is 5. The Balaban J connectivity index is 2.37. The summed E-state index contributed by atoms with van der Waals surface area (Å²) in [6, 6.07) is 8.98. The first-order chi connectivity index (χ1) is 9.13. The van der Waals surface area contributed by atoms with Crippen molar-refractivity contribution < 1.29 is 0 Å². The predicted octanol–water partition coefficient (Wildman–Crippen LogP) is 3.13. The van der Waals surface area contributed by atoms with Gasteiger partial charge in [-0.25, -0.2) is 0 Å². The Labute approximate surface area is 115 Å². The summed E-state index contributed by atoms with van der Waals surface area (Å²) in [6.07, 6.45) is 2.98. The number of hydrogen-bond donors (Lipinski definition) is 1. The Morgan fingerprint density at radius 2 is 2.00 bits per heavy atom. The molecule has 0 spiro atoms. The molecule has 0 bridgehead atoms. The molecule has 3 nitrogen and oxygen atoms in total. The van der Waals surface area contributed by atoms with E-state index in [9.17, 15) is 0 Å². The topological polar surface area (TPSA) is 29.9 Å². The smallest absolute Gasteiger partial charge is 0.0748 e. The van der Waals surface area contributed by atoms with Crippen LogP contribution in [0.4, 0.5) is 0 Å². The first-order valence-corrected chi connectivity index (χ1v) is 6.92. The molecule has 0 aliphatic heterocycles. The van der Waals surface area contributed by atoms with Gasteiger partial charge in [0.2, 0.25) is 0 Å². The molecule has 1 heterocycles.